The van der Waals surface area contributed by atoms with Crippen LogP contribution in [0.4, 0.5) is 0 Å². The van der Waals surface area contributed by atoms with E-state index in [1.807, 2.05) is 12.3 Å². The van der Waals surface area contributed by atoms with Crippen molar-refractivity contribution in [1.29, 1.82) is 0 Å². The first-order valence-electron chi connectivity index (χ1n) is 4.33. The maximum absolute atomic E-state index is 10.9. The minimum atomic E-state index is -0.842. The van der Waals surface area contributed by atoms with E-state index in [4.69, 9.17) is 5.84 Å². The number of amides is 2. The topological polar surface area (TPSA) is 97.1 Å². The molecular formula is C8H12N4O2S. The molecule has 0 saturated carbocycles. The SMILES string of the molecule is Cc1csc(CCNC(=O)C(=O)NN)n1. The van der Waals surface area contributed by atoms with Crippen LogP contribution in [0.1, 0.15) is 10.7 Å². The van der Waals surface area contributed by atoms with Gasteiger partial charge in [-0.1, -0.05) is 0 Å². The molecule has 0 atom stereocenters. The zero-order valence-electron chi connectivity index (χ0n) is 8.24. The van der Waals surface area contributed by atoms with Crippen molar-refractivity contribution in [3.63, 3.8) is 0 Å². The van der Waals surface area contributed by atoms with Crippen LogP contribution in [0.5, 0.6) is 0 Å². The van der Waals surface area contributed by atoms with Crippen LogP contribution in [0.25, 0.3) is 0 Å². The van der Waals surface area contributed by atoms with E-state index in [2.05, 4.69) is 10.3 Å². The average molecular weight is 228 g/mol. The smallest absolute Gasteiger partial charge is 0.323 e. The maximum atomic E-state index is 10.9. The molecule has 0 radical (unpaired) electrons. The van der Waals surface area contributed by atoms with Crippen molar-refractivity contribution in [2.45, 2.75) is 13.3 Å². The molecule has 0 aliphatic heterocycles. The number of nitrogens with zero attached hydrogens (tertiary/aromatic N) is 1. The predicted molar refractivity (Wildman–Crippen MR) is 55.9 cm³/mol. The van der Waals surface area contributed by atoms with E-state index in [0.29, 0.717) is 13.0 Å². The summed E-state index contributed by atoms with van der Waals surface area (Å²) in [4.78, 5) is 25.9. The van der Waals surface area contributed by atoms with Crippen molar-refractivity contribution in [2.75, 3.05) is 6.54 Å². The maximum Gasteiger partial charge on any atom is 0.323 e. The van der Waals surface area contributed by atoms with Crippen LogP contribution in [0.15, 0.2) is 5.38 Å². The molecular weight excluding hydrogens is 216 g/mol. The van der Waals surface area contributed by atoms with Crippen LogP contribution < -0.4 is 16.6 Å². The number of hydrogen-bond acceptors (Lipinski definition) is 5. The summed E-state index contributed by atoms with van der Waals surface area (Å²) in [6.07, 6.45) is 0.613. The Morgan fingerprint density at radius 3 is 2.80 bits per heavy atom. The number of hydrazine groups is 1. The van der Waals surface area contributed by atoms with Crippen molar-refractivity contribution in [3.05, 3.63) is 16.1 Å². The fourth-order valence-corrected chi connectivity index (χ4v) is 1.72. The molecule has 7 heteroatoms. The lowest BCUT2D eigenvalue weighted by atomic mass is 10.4. The number of carbonyl (C=O) groups is 2. The van der Waals surface area contributed by atoms with Crippen LogP contribution in [-0.4, -0.2) is 23.3 Å². The molecule has 0 unspecified atom stereocenters. The summed E-state index contributed by atoms with van der Waals surface area (Å²) >= 11 is 1.53. The van der Waals surface area contributed by atoms with Gasteiger partial charge in [0.1, 0.15) is 0 Å². The molecule has 2 amide bonds. The fourth-order valence-electron chi connectivity index (χ4n) is 0.946. The summed E-state index contributed by atoms with van der Waals surface area (Å²) in [6, 6.07) is 0. The molecule has 0 bridgehead atoms. The van der Waals surface area contributed by atoms with E-state index in [-0.39, 0.29) is 0 Å². The van der Waals surface area contributed by atoms with Gasteiger partial charge in [0.15, 0.2) is 0 Å². The van der Waals surface area contributed by atoms with Crippen molar-refractivity contribution in [3.8, 4) is 0 Å². The highest BCUT2D eigenvalue weighted by Crippen LogP contribution is 2.08. The average Bonchev–Trinajstić information content (AvgIpc) is 2.63. The zero-order valence-corrected chi connectivity index (χ0v) is 9.06. The second kappa shape index (κ2) is 5.42. The summed E-state index contributed by atoms with van der Waals surface area (Å²) in [7, 11) is 0. The normalized spacial score (nSPS) is 9.73. The first-order valence-corrected chi connectivity index (χ1v) is 5.21. The van der Waals surface area contributed by atoms with Gasteiger partial charge in [-0.2, -0.15) is 0 Å². The van der Waals surface area contributed by atoms with Gasteiger partial charge in [-0.3, -0.25) is 15.0 Å². The highest BCUT2D eigenvalue weighted by molar-refractivity contribution is 7.09. The highest BCUT2D eigenvalue weighted by atomic mass is 32.1. The van der Waals surface area contributed by atoms with Gasteiger partial charge in [0, 0.05) is 24.0 Å². The highest BCUT2D eigenvalue weighted by Gasteiger charge is 2.10. The van der Waals surface area contributed by atoms with Crippen LogP contribution in [0, 0.1) is 6.92 Å². The van der Waals surface area contributed by atoms with E-state index in [9.17, 15) is 9.59 Å². The Labute approximate surface area is 90.8 Å². The van der Waals surface area contributed by atoms with Crippen LogP contribution in [-0.2, 0) is 16.0 Å². The molecule has 0 aliphatic rings. The number of nitrogens with one attached hydrogen (secondary N) is 2. The van der Waals surface area contributed by atoms with E-state index >= 15 is 0 Å². The molecule has 0 aliphatic carbocycles. The first-order chi connectivity index (χ1) is 7.13. The third-order valence-electron chi connectivity index (χ3n) is 1.63. The van der Waals surface area contributed by atoms with Gasteiger partial charge >= 0.3 is 11.8 Å². The van der Waals surface area contributed by atoms with E-state index < -0.39 is 11.8 Å². The molecule has 1 aromatic rings. The molecule has 0 aromatic carbocycles. The largest absolute Gasteiger partial charge is 0.347 e. The molecule has 0 fully saturated rings. The lowest BCUT2D eigenvalue weighted by Crippen LogP contribution is -2.43. The summed E-state index contributed by atoms with van der Waals surface area (Å²) in [5.74, 6) is 3.22. The summed E-state index contributed by atoms with van der Waals surface area (Å²) in [6.45, 7) is 2.28. The Bertz CT molecular complexity index is 363. The Kier molecular flexibility index (Phi) is 4.19. The van der Waals surface area contributed by atoms with Gasteiger partial charge < -0.3 is 5.32 Å². The zero-order chi connectivity index (χ0) is 11.3. The predicted octanol–water partition coefficient (Wildman–Crippen LogP) is -0.900. The fraction of sp³-hybridized carbons (Fsp3) is 0.375. The third-order valence-corrected chi connectivity index (χ3v) is 2.65. The van der Waals surface area contributed by atoms with Gasteiger partial charge in [0.25, 0.3) is 0 Å². The number of nitrogens with two attached hydrogens (primary N) is 1. The first kappa shape index (κ1) is 11.6. The summed E-state index contributed by atoms with van der Waals surface area (Å²) in [5.41, 5.74) is 2.71. The quantitative estimate of drug-likeness (QED) is 0.270. The van der Waals surface area contributed by atoms with Gasteiger partial charge in [0.05, 0.1) is 5.01 Å². The third kappa shape index (κ3) is 3.64. The number of rotatable bonds is 3. The van der Waals surface area contributed by atoms with E-state index in [1.54, 1.807) is 5.43 Å². The monoisotopic (exact) mass is 228 g/mol. The second-order valence-electron chi connectivity index (χ2n) is 2.86. The van der Waals surface area contributed by atoms with Gasteiger partial charge in [-0.15, -0.1) is 11.3 Å². The van der Waals surface area contributed by atoms with E-state index in [0.717, 1.165) is 10.7 Å². The molecule has 6 nitrogen and oxygen atoms in total. The minimum Gasteiger partial charge on any atom is -0.347 e. The molecule has 82 valence electrons. The molecule has 1 aromatic heterocycles. The number of aromatic nitrogens is 1. The van der Waals surface area contributed by atoms with Gasteiger partial charge in [-0.05, 0) is 6.92 Å². The van der Waals surface area contributed by atoms with E-state index in [1.165, 1.54) is 11.3 Å². The summed E-state index contributed by atoms with van der Waals surface area (Å²) in [5, 5.41) is 5.29. The van der Waals surface area contributed by atoms with Crippen molar-refractivity contribution in [1.82, 2.24) is 15.7 Å². The van der Waals surface area contributed by atoms with Crippen molar-refractivity contribution >= 4 is 23.2 Å². The van der Waals surface area contributed by atoms with Crippen LogP contribution in [0.2, 0.25) is 0 Å². The summed E-state index contributed by atoms with van der Waals surface area (Å²) < 4.78 is 0. The van der Waals surface area contributed by atoms with Crippen LogP contribution in [0.3, 0.4) is 0 Å². The Morgan fingerprint density at radius 1 is 1.53 bits per heavy atom. The number of carbonyl (C=O) groups excluding carboxylic acids is 2. The van der Waals surface area contributed by atoms with Crippen LogP contribution >= 0.6 is 11.3 Å². The number of hydrogen-bond donors (Lipinski definition) is 3. The minimum absolute atomic E-state index is 0.374. The standard InChI is InChI=1S/C8H12N4O2S/c1-5-4-15-6(11-5)2-3-10-7(13)8(14)12-9/h4H,2-3,9H2,1H3,(H,10,13)(H,12,14). The Balaban J connectivity index is 2.27. The molecule has 4 N–H and O–H groups in total. The Morgan fingerprint density at radius 2 is 2.27 bits per heavy atom. The van der Waals surface area contributed by atoms with Gasteiger partial charge in [-0.25, -0.2) is 10.8 Å². The number of thiazole rings is 1. The second-order valence-corrected chi connectivity index (χ2v) is 3.80. The number of aryl methyl sites for hydroxylation is 1. The molecule has 1 rings (SSSR count). The van der Waals surface area contributed by atoms with Gasteiger partial charge in [0.2, 0.25) is 0 Å². The van der Waals surface area contributed by atoms with Crippen molar-refractivity contribution < 1.29 is 9.59 Å². The molecule has 0 saturated heterocycles. The molecule has 15 heavy (non-hydrogen) atoms. The lowest BCUT2D eigenvalue weighted by molar-refractivity contribution is -0.139. The Hall–Kier alpha value is -1.47. The lowest BCUT2D eigenvalue weighted by Gasteiger charge is -2.01. The van der Waals surface area contributed by atoms with Crippen molar-refractivity contribution in [2.24, 2.45) is 5.84 Å². The molecule has 0 spiro atoms. The molecule has 1 heterocycles.